The third-order valence-corrected chi connectivity index (χ3v) is 5.03. The Kier molecular flexibility index (Phi) is 7.68. The number of nitrogen functional groups attached to an aromatic ring is 1. The van der Waals surface area contributed by atoms with Gasteiger partial charge in [-0.25, -0.2) is 24.0 Å². The first kappa shape index (κ1) is 25.0. The van der Waals surface area contributed by atoms with Crippen molar-refractivity contribution in [2.75, 3.05) is 24.2 Å². The normalized spacial score (nSPS) is 11.9. The maximum absolute atomic E-state index is 14.8. The van der Waals surface area contributed by atoms with E-state index in [0.717, 1.165) is 6.20 Å². The Labute approximate surface area is 208 Å². The molecular weight excluding hydrogens is 501 g/mol. The summed E-state index contributed by atoms with van der Waals surface area (Å²) < 4.78 is 51.0. The highest BCUT2D eigenvalue weighted by molar-refractivity contribution is 6.29. The van der Waals surface area contributed by atoms with E-state index in [1.165, 1.54) is 41.5 Å². The van der Waals surface area contributed by atoms with Gasteiger partial charge in [0, 0.05) is 37.2 Å². The minimum atomic E-state index is -2.96. The molecule has 0 unspecified atom stereocenters. The van der Waals surface area contributed by atoms with Crippen LogP contribution in [-0.4, -0.2) is 55.7 Å². The van der Waals surface area contributed by atoms with Crippen LogP contribution in [0.3, 0.4) is 0 Å². The number of nitrogens with two attached hydrogens (primary N) is 1. The third kappa shape index (κ3) is 6.10. The lowest BCUT2D eigenvalue weighted by Gasteiger charge is -2.15. The van der Waals surface area contributed by atoms with Gasteiger partial charge in [-0.05, 0) is 24.3 Å². The molecule has 0 aromatic carbocycles. The van der Waals surface area contributed by atoms with Gasteiger partial charge >= 0.3 is 6.61 Å². The van der Waals surface area contributed by atoms with Crippen LogP contribution in [0.1, 0.15) is 0 Å². The summed E-state index contributed by atoms with van der Waals surface area (Å²) in [6.07, 6.45) is 4.16. The summed E-state index contributed by atoms with van der Waals surface area (Å²) in [6.45, 7) is -3.40. The monoisotopic (exact) mass is 520 g/mol. The minimum Gasteiger partial charge on any atom is -0.474 e. The molecule has 0 fully saturated rings. The van der Waals surface area contributed by atoms with Gasteiger partial charge < -0.3 is 20.5 Å². The molecular formula is C22H20ClF3N8O2. The number of alkyl halides is 3. The van der Waals surface area contributed by atoms with Crippen molar-refractivity contribution in [3.63, 3.8) is 0 Å². The average molecular weight is 521 g/mol. The molecule has 0 aliphatic carbocycles. The Balaban J connectivity index is 1.42. The highest BCUT2D eigenvalue weighted by Crippen LogP contribution is 2.30. The van der Waals surface area contributed by atoms with Crippen LogP contribution in [0.4, 0.5) is 24.7 Å². The molecule has 3 N–H and O–H groups in total. The lowest BCUT2D eigenvalue weighted by molar-refractivity contribution is -0.0500. The van der Waals surface area contributed by atoms with Crippen LogP contribution < -0.4 is 20.5 Å². The smallest absolute Gasteiger partial charge is 0.387 e. The van der Waals surface area contributed by atoms with Crippen molar-refractivity contribution in [3.8, 4) is 34.3 Å². The lowest BCUT2D eigenvalue weighted by Crippen LogP contribution is -2.23. The summed E-state index contributed by atoms with van der Waals surface area (Å²) in [6, 6.07) is 5.87. The van der Waals surface area contributed by atoms with Crippen LogP contribution in [-0.2, 0) is 7.05 Å². The van der Waals surface area contributed by atoms with E-state index in [4.69, 9.17) is 22.1 Å². The molecule has 0 aliphatic heterocycles. The summed E-state index contributed by atoms with van der Waals surface area (Å²) in [5.41, 5.74) is 7.53. The Hall–Kier alpha value is -4.13. The zero-order chi connectivity index (χ0) is 25.7. The van der Waals surface area contributed by atoms with Gasteiger partial charge in [-0.2, -0.15) is 13.9 Å². The Morgan fingerprint density at radius 2 is 1.92 bits per heavy atom. The number of aromatic nitrogens is 6. The number of pyridine rings is 2. The zero-order valence-electron chi connectivity index (χ0n) is 18.8. The molecule has 0 bridgehead atoms. The molecule has 0 aliphatic rings. The van der Waals surface area contributed by atoms with Crippen molar-refractivity contribution in [3.05, 3.63) is 54.2 Å². The summed E-state index contributed by atoms with van der Waals surface area (Å²) in [5, 5.41) is 7.26. The summed E-state index contributed by atoms with van der Waals surface area (Å²) >= 11 is 6.01. The topological polar surface area (TPSA) is 126 Å². The molecule has 0 radical (unpaired) electrons. The molecule has 4 rings (SSSR count). The fourth-order valence-corrected chi connectivity index (χ4v) is 3.35. The lowest BCUT2D eigenvalue weighted by atomic mass is 10.1. The highest BCUT2D eigenvalue weighted by Gasteiger charge is 2.18. The zero-order valence-corrected chi connectivity index (χ0v) is 19.5. The van der Waals surface area contributed by atoms with Gasteiger partial charge in [0.15, 0.2) is 12.0 Å². The number of hydrogen-bond acceptors (Lipinski definition) is 9. The van der Waals surface area contributed by atoms with Crippen molar-refractivity contribution < 1.29 is 22.6 Å². The fourth-order valence-electron chi connectivity index (χ4n) is 3.19. The van der Waals surface area contributed by atoms with E-state index >= 15 is 0 Å². The van der Waals surface area contributed by atoms with E-state index in [2.05, 4.69) is 35.1 Å². The minimum absolute atomic E-state index is 0.0933. The van der Waals surface area contributed by atoms with E-state index in [-0.39, 0.29) is 35.8 Å². The Morgan fingerprint density at radius 1 is 1.08 bits per heavy atom. The van der Waals surface area contributed by atoms with Gasteiger partial charge in [-0.1, -0.05) is 11.6 Å². The number of nitrogens with one attached hydrogen (secondary N) is 1. The van der Waals surface area contributed by atoms with Crippen LogP contribution in [0.5, 0.6) is 11.6 Å². The number of ether oxygens (including phenoxy) is 2. The summed E-state index contributed by atoms with van der Waals surface area (Å²) in [4.78, 5) is 16.4. The largest absolute Gasteiger partial charge is 0.474 e. The first-order chi connectivity index (χ1) is 17.3. The molecule has 0 amide bonds. The molecule has 0 saturated carbocycles. The molecule has 36 heavy (non-hydrogen) atoms. The first-order valence-corrected chi connectivity index (χ1v) is 10.9. The summed E-state index contributed by atoms with van der Waals surface area (Å²) in [7, 11) is 1.65. The van der Waals surface area contributed by atoms with Gasteiger partial charge in [-0.3, -0.25) is 4.98 Å². The number of hydrogen-bond donors (Lipinski definition) is 2. The number of anilines is 2. The molecule has 1 atom stereocenters. The molecule has 0 spiro atoms. The molecule has 4 heterocycles. The Morgan fingerprint density at radius 3 is 2.64 bits per heavy atom. The van der Waals surface area contributed by atoms with Gasteiger partial charge in [0.05, 0.1) is 18.1 Å². The summed E-state index contributed by atoms with van der Waals surface area (Å²) in [5.74, 6) is 0.774. The average Bonchev–Trinajstić information content (AvgIpc) is 3.22. The van der Waals surface area contributed by atoms with Crippen LogP contribution in [0.2, 0.25) is 5.15 Å². The molecule has 0 saturated heterocycles. The van der Waals surface area contributed by atoms with Gasteiger partial charge in [0.25, 0.3) is 0 Å². The van der Waals surface area contributed by atoms with Crippen molar-refractivity contribution in [2.24, 2.45) is 7.05 Å². The quantitative estimate of drug-likeness (QED) is 0.298. The fraction of sp³-hybridized carbons (Fsp3) is 0.227. The maximum Gasteiger partial charge on any atom is 0.387 e. The number of rotatable bonds is 10. The third-order valence-electron chi connectivity index (χ3n) is 4.83. The predicted molar refractivity (Wildman–Crippen MR) is 127 cm³/mol. The highest BCUT2D eigenvalue weighted by atomic mass is 35.5. The SMILES string of the molecule is Cn1ncc(-c2nccc(N)n2)c1OC[C@H](F)CNc1cc(Cl)ncc1-c1ccc(OC(F)F)cn1. The Bertz CT molecular complexity index is 1320. The van der Waals surface area contributed by atoms with Crippen molar-refractivity contribution in [2.45, 2.75) is 12.8 Å². The molecule has 14 heteroatoms. The number of halogens is 4. The second-order valence-electron chi connectivity index (χ2n) is 7.39. The van der Waals surface area contributed by atoms with E-state index in [1.807, 2.05) is 0 Å². The van der Waals surface area contributed by atoms with Crippen molar-refractivity contribution in [1.29, 1.82) is 0 Å². The second kappa shape index (κ2) is 11.1. The second-order valence-corrected chi connectivity index (χ2v) is 7.78. The molecule has 4 aromatic rings. The van der Waals surface area contributed by atoms with Gasteiger partial charge in [0.1, 0.15) is 28.9 Å². The van der Waals surface area contributed by atoms with Gasteiger partial charge in [0.2, 0.25) is 5.88 Å². The van der Waals surface area contributed by atoms with Crippen LogP contribution >= 0.6 is 11.6 Å². The number of nitrogens with zero attached hydrogens (tertiary/aromatic N) is 6. The molecule has 188 valence electrons. The van der Waals surface area contributed by atoms with Gasteiger partial charge in [-0.15, -0.1) is 0 Å². The van der Waals surface area contributed by atoms with E-state index in [9.17, 15) is 13.2 Å². The molecule has 4 aromatic heterocycles. The number of aryl methyl sites for hydroxylation is 1. The van der Waals surface area contributed by atoms with Crippen LogP contribution in [0.25, 0.3) is 22.6 Å². The maximum atomic E-state index is 14.8. The van der Waals surface area contributed by atoms with Crippen molar-refractivity contribution in [1.82, 2.24) is 29.7 Å². The first-order valence-electron chi connectivity index (χ1n) is 10.5. The van der Waals surface area contributed by atoms with E-state index < -0.39 is 12.8 Å². The van der Waals surface area contributed by atoms with Crippen LogP contribution in [0.15, 0.2) is 49.1 Å². The van der Waals surface area contributed by atoms with Crippen molar-refractivity contribution >= 4 is 23.1 Å². The standard InChI is InChI=1S/C22H20ClF3N8O2/c1-34-21(15(10-32-34)20-28-5-4-19(27)33-20)35-11-12(24)7-29-17-6-18(23)31-9-14(17)16-3-2-13(8-30-16)36-22(25)26/h2-6,8-10,12,22H,7,11H2,1H3,(H,29,31)(H2,27,28,33)/t12-/m1/s1. The van der Waals surface area contributed by atoms with Crippen LogP contribution in [0, 0.1) is 0 Å². The molecule has 10 nitrogen and oxygen atoms in total. The van der Waals surface area contributed by atoms with E-state index in [1.54, 1.807) is 13.1 Å². The predicted octanol–water partition coefficient (Wildman–Crippen LogP) is 4.00. The van der Waals surface area contributed by atoms with E-state index in [0.29, 0.717) is 28.3 Å².